The Morgan fingerprint density at radius 1 is 1.07 bits per heavy atom. The van der Waals surface area contributed by atoms with E-state index in [4.69, 9.17) is 9.47 Å². The molecule has 1 fully saturated rings. The largest absolute Gasteiger partial charge is 0.488 e. The Kier molecular flexibility index (Phi) is 7.10. The van der Waals surface area contributed by atoms with Gasteiger partial charge in [-0.05, 0) is 31.0 Å². The third-order valence-corrected chi connectivity index (χ3v) is 6.73. The number of carbonyl (C=O) groups is 2. The van der Waals surface area contributed by atoms with E-state index in [2.05, 4.69) is 0 Å². The van der Waals surface area contributed by atoms with Crippen LogP contribution in [0.2, 0.25) is 0 Å². The first kappa shape index (κ1) is 21.8. The quantitative estimate of drug-likeness (QED) is 0.597. The second kappa shape index (κ2) is 9.75. The lowest BCUT2D eigenvalue weighted by molar-refractivity contribution is -0.136. The molecule has 0 aromatic heterocycles. The number of carbonyl (C=O) groups excluding carboxylic acids is 2. The maximum Gasteiger partial charge on any atom is 0.342 e. The van der Waals surface area contributed by atoms with Crippen molar-refractivity contribution < 1.29 is 27.5 Å². The zero-order valence-electron chi connectivity index (χ0n) is 16.8. The number of hydrogen-bond donors (Lipinski definition) is 0. The second-order valence-electron chi connectivity index (χ2n) is 7.08. The van der Waals surface area contributed by atoms with Gasteiger partial charge >= 0.3 is 5.97 Å². The van der Waals surface area contributed by atoms with E-state index in [9.17, 15) is 18.0 Å². The van der Waals surface area contributed by atoms with Crippen LogP contribution in [0.15, 0.2) is 54.6 Å². The number of ether oxygens (including phenoxy) is 2. The smallest absolute Gasteiger partial charge is 0.342 e. The Labute approximate surface area is 176 Å². The summed E-state index contributed by atoms with van der Waals surface area (Å²) in [6.07, 6.45) is 0.409. The molecule has 0 aliphatic carbocycles. The predicted octanol–water partition coefficient (Wildman–Crippen LogP) is 2.46. The van der Waals surface area contributed by atoms with Crippen LogP contribution in [-0.4, -0.2) is 55.9 Å². The van der Waals surface area contributed by atoms with Gasteiger partial charge in [0.2, 0.25) is 0 Å². The highest BCUT2D eigenvalue weighted by Gasteiger charge is 2.34. The van der Waals surface area contributed by atoms with Gasteiger partial charge in [-0.2, -0.15) is 0 Å². The zero-order chi connectivity index (χ0) is 21.6. The third-order valence-electron chi connectivity index (χ3n) is 4.98. The predicted molar refractivity (Wildman–Crippen MR) is 112 cm³/mol. The van der Waals surface area contributed by atoms with Gasteiger partial charge in [0.05, 0.1) is 11.5 Å². The lowest BCUT2D eigenvalue weighted by atomic mass is 10.2. The van der Waals surface area contributed by atoms with Crippen molar-refractivity contribution in [2.45, 2.75) is 26.0 Å². The molecule has 0 bridgehead atoms. The number of nitrogens with zero attached hydrogens (tertiary/aromatic N) is 1. The van der Waals surface area contributed by atoms with Crippen molar-refractivity contribution in [1.82, 2.24) is 4.90 Å². The topological polar surface area (TPSA) is 90.0 Å². The molecule has 1 atom stereocenters. The van der Waals surface area contributed by atoms with E-state index in [0.717, 1.165) is 5.56 Å². The molecule has 2 aromatic carbocycles. The SMILES string of the molecule is CCN(C(=O)COC(=O)c1ccccc1OCc1ccccc1)C1CCS(=O)(=O)C1. The van der Waals surface area contributed by atoms with E-state index in [1.807, 2.05) is 30.3 Å². The van der Waals surface area contributed by atoms with Gasteiger partial charge in [0.15, 0.2) is 16.4 Å². The van der Waals surface area contributed by atoms with E-state index in [-0.39, 0.29) is 23.1 Å². The molecule has 1 aliphatic heterocycles. The minimum absolute atomic E-state index is 0.0450. The van der Waals surface area contributed by atoms with Gasteiger partial charge < -0.3 is 14.4 Å². The molecule has 160 valence electrons. The number of esters is 1. The maximum atomic E-state index is 12.5. The fourth-order valence-corrected chi connectivity index (χ4v) is 5.17. The number of amides is 1. The number of likely N-dealkylation sites (N-methyl/N-ethyl adjacent to an activating group) is 1. The standard InChI is InChI=1S/C22H25NO6S/c1-2-23(18-12-13-30(26,27)16-18)21(24)15-29-22(25)19-10-6-7-11-20(19)28-14-17-8-4-3-5-9-17/h3-11,18H,2,12-16H2,1H3. The first-order valence-corrected chi connectivity index (χ1v) is 11.6. The fourth-order valence-electron chi connectivity index (χ4n) is 3.44. The molecule has 3 rings (SSSR count). The van der Waals surface area contributed by atoms with Crippen molar-refractivity contribution in [1.29, 1.82) is 0 Å². The lowest BCUT2D eigenvalue weighted by Gasteiger charge is -2.26. The van der Waals surface area contributed by atoms with E-state index < -0.39 is 28.3 Å². The van der Waals surface area contributed by atoms with Crippen LogP contribution in [0.25, 0.3) is 0 Å². The summed E-state index contributed by atoms with van der Waals surface area (Å²) < 4.78 is 34.4. The number of hydrogen-bond acceptors (Lipinski definition) is 6. The third kappa shape index (κ3) is 5.60. The molecule has 1 heterocycles. The summed E-state index contributed by atoms with van der Waals surface area (Å²) >= 11 is 0. The number of sulfone groups is 1. The molecule has 1 saturated heterocycles. The van der Waals surface area contributed by atoms with Gasteiger partial charge in [0.25, 0.3) is 5.91 Å². The molecule has 1 unspecified atom stereocenters. The molecular formula is C22H25NO6S. The van der Waals surface area contributed by atoms with Crippen LogP contribution in [0.5, 0.6) is 5.75 Å². The van der Waals surface area contributed by atoms with Gasteiger partial charge in [-0.3, -0.25) is 4.79 Å². The molecule has 7 nitrogen and oxygen atoms in total. The first-order chi connectivity index (χ1) is 14.4. The van der Waals surface area contributed by atoms with Crippen LogP contribution >= 0.6 is 0 Å². The highest BCUT2D eigenvalue weighted by Crippen LogP contribution is 2.21. The van der Waals surface area contributed by atoms with Crippen LogP contribution in [0, 0.1) is 0 Å². The van der Waals surface area contributed by atoms with E-state index in [1.54, 1.807) is 31.2 Å². The number of para-hydroxylation sites is 1. The summed E-state index contributed by atoms with van der Waals surface area (Å²) in [7, 11) is -3.11. The highest BCUT2D eigenvalue weighted by atomic mass is 32.2. The van der Waals surface area contributed by atoms with Gasteiger partial charge in [-0.15, -0.1) is 0 Å². The molecule has 0 spiro atoms. The normalized spacial score (nSPS) is 17.3. The average Bonchev–Trinajstić information content (AvgIpc) is 3.11. The van der Waals surface area contributed by atoms with Gasteiger partial charge in [-0.1, -0.05) is 42.5 Å². The van der Waals surface area contributed by atoms with Crippen LogP contribution < -0.4 is 4.74 Å². The maximum absolute atomic E-state index is 12.5. The molecule has 30 heavy (non-hydrogen) atoms. The Bertz CT molecular complexity index is 990. The van der Waals surface area contributed by atoms with Crippen molar-refractivity contribution in [2.75, 3.05) is 24.7 Å². The van der Waals surface area contributed by atoms with Crippen molar-refractivity contribution in [3.05, 3.63) is 65.7 Å². The van der Waals surface area contributed by atoms with E-state index in [1.165, 1.54) is 4.90 Å². The Hall–Kier alpha value is -2.87. The van der Waals surface area contributed by atoms with Gasteiger partial charge in [0, 0.05) is 12.6 Å². The summed E-state index contributed by atoms with van der Waals surface area (Å²) in [5, 5.41) is 0. The summed E-state index contributed by atoms with van der Waals surface area (Å²) in [4.78, 5) is 26.5. The lowest BCUT2D eigenvalue weighted by Crippen LogP contribution is -2.43. The molecule has 0 N–H and O–H groups in total. The fraction of sp³-hybridized carbons (Fsp3) is 0.364. The minimum Gasteiger partial charge on any atom is -0.488 e. The van der Waals surface area contributed by atoms with Crippen LogP contribution in [-0.2, 0) is 26.0 Å². The van der Waals surface area contributed by atoms with E-state index >= 15 is 0 Å². The van der Waals surface area contributed by atoms with Crippen molar-refractivity contribution in [2.24, 2.45) is 0 Å². The summed E-state index contributed by atoms with van der Waals surface area (Å²) in [6, 6.07) is 15.9. The summed E-state index contributed by atoms with van der Waals surface area (Å²) in [5.74, 6) is -0.671. The van der Waals surface area contributed by atoms with Crippen molar-refractivity contribution >= 4 is 21.7 Å². The molecule has 0 radical (unpaired) electrons. The highest BCUT2D eigenvalue weighted by molar-refractivity contribution is 7.91. The zero-order valence-corrected chi connectivity index (χ0v) is 17.6. The van der Waals surface area contributed by atoms with Crippen LogP contribution in [0.3, 0.4) is 0 Å². The summed E-state index contributed by atoms with van der Waals surface area (Å²) in [5.41, 5.74) is 1.19. The van der Waals surface area contributed by atoms with Crippen LogP contribution in [0.4, 0.5) is 0 Å². The van der Waals surface area contributed by atoms with Crippen LogP contribution in [0.1, 0.15) is 29.3 Å². The average molecular weight is 432 g/mol. The molecule has 1 aliphatic rings. The Morgan fingerprint density at radius 3 is 2.43 bits per heavy atom. The molecular weight excluding hydrogens is 406 g/mol. The Morgan fingerprint density at radius 2 is 1.77 bits per heavy atom. The van der Waals surface area contributed by atoms with Gasteiger partial charge in [0.1, 0.15) is 17.9 Å². The number of rotatable bonds is 8. The molecule has 1 amide bonds. The molecule has 2 aromatic rings. The van der Waals surface area contributed by atoms with E-state index in [0.29, 0.717) is 25.3 Å². The van der Waals surface area contributed by atoms with Crippen molar-refractivity contribution in [3.63, 3.8) is 0 Å². The van der Waals surface area contributed by atoms with Gasteiger partial charge in [-0.25, -0.2) is 13.2 Å². The second-order valence-corrected chi connectivity index (χ2v) is 9.31. The molecule has 0 saturated carbocycles. The minimum atomic E-state index is -3.11. The Balaban J connectivity index is 1.60. The number of benzene rings is 2. The summed E-state index contributed by atoms with van der Waals surface area (Å²) in [6.45, 7) is 1.98. The van der Waals surface area contributed by atoms with Crippen molar-refractivity contribution in [3.8, 4) is 5.75 Å². The first-order valence-electron chi connectivity index (χ1n) is 9.82. The molecule has 8 heteroatoms. The monoisotopic (exact) mass is 431 g/mol.